The van der Waals surface area contributed by atoms with Gasteiger partial charge in [-0.3, -0.25) is 4.79 Å². The van der Waals surface area contributed by atoms with Gasteiger partial charge in [0.15, 0.2) is 0 Å². The number of hydrogen-bond donors (Lipinski definition) is 1. The van der Waals surface area contributed by atoms with Gasteiger partial charge in [-0.05, 0) is 31.4 Å². The molecule has 1 aliphatic rings. The number of rotatable bonds is 2. The fourth-order valence-electron chi connectivity index (χ4n) is 2.25. The molecule has 17 heavy (non-hydrogen) atoms. The van der Waals surface area contributed by atoms with Gasteiger partial charge in [-0.25, -0.2) is 0 Å². The molecule has 0 aromatic heterocycles. The number of hydrogen-bond acceptors (Lipinski definition) is 2. The Morgan fingerprint density at radius 1 is 1.41 bits per heavy atom. The lowest BCUT2D eigenvalue weighted by Crippen LogP contribution is -2.45. The minimum Gasteiger partial charge on any atom is -0.394 e. The number of carbonyl (C=O) groups excluding carboxylic acids is 1. The van der Waals surface area contributed by atoms with Crippen LogP contribution in [0.5, 0.6) is 0 Å². The number of amides is 1. The molecule has 1 heterocycles. The highest BCUT2D eigenvalue weighted by Crippen LogP contribution is 2.22. The molecule has 1 aliphatic heterocycles. The molecule has 1 unspecified atom stereocenters. The molecule has 0 bridgehead atoms. The van der Waals surface area contributed by atoms with Crippen molar-refractivity contribution in [2.45, 2.75) is 25.3 Å². The minimum absolute atomic E-state index is 0.0240. The average Bonchev–Trinajstić information content (AvgIpc) is 2.38. The van der Waals surface area contributed by atoms with E-state index in [1.54, 1.807) is 29.2 Å². The number of carbonyl (C=O) groups is 1. The standard InChI is InChI=1S/C13H16ClNO2/c14-12-7-2-1-6-11(12)13(17)15-8-4-3-5-10(15)9-16/h1-2,6-7,10,16H,3-5,8-9H2. The van der Waals surface area contributed by atoms with Crippen LogP contribution in [-0.4, -0.2) is 35.1 Å². The van der Waals surface area contributed by atoms with Crippen molar-refractivity contribution in [2.75, 3.05) is 13.2 Å². The second kappa shape index (κ2) is 5.52. The molecule has 1 aromatic rings. The third-order valence-electron chi connectivity index (χ3n) is 3.20. The lowest BCUT2D eigenvalue weighted by molar-refractivity contribution is 0.0503. The first-order valence-corrected chi connectivity index (χ1v) is 6.28. The highest BCUT2D eigenvalue weighted by atomic mass is 35.5. The fourth-order valence-corrected chi connectivity index (χ4v) is 2.46. The first-order chi connectivity index (χ1) is 8.24. The van der Waals surface area contributed by atoms with E-state index in [4.69, 9.17) is 11.6 Å². The van der Waals surface area contributed by atoms with Gasteiger partial charge in [-0.2, -0.15) is 0 Å². The third kappa shape index (κ3) is 2.61. The fraction of sp³-hybridized carbons (Fsp3) is 0.462. The summed E-state index contributed by atoms with van der Waals surface area (Å²) in [6.07, 6.45) is 2.93. The highest BCUT2D eigenvalue weighted by Gasteiger charge is 2.27. The molecular formula is C13H16ClNO2. The van der Waals surface area contributed by atoms with E-state index in [9.17, 15) is 9.90 Å². The lowest BCUT2D eigenvalue weighted by Gasteiger charge is -2.34. The zero-order chi connectivity index (χ0) is 12.3. The molecule has 1 atom stereocenters. The molecule has 0 saturated carbocycles. The van der Waals surface area contributed by atoms with Crippen molar-refractivity contribution in [1.82, 2.24) is 4.90 Å². The highest BCUT2D eigenvalue weighted by molar-refractivity contribution is 6.33. The first-order valence-electron chi connectivity index (χ1n) is 5.90. The van der Waals surface area contributed by atoms with Crippen LogP contribution in [-0.2, 0) is 0 Å². The first kappa shape index (κ1) is 12.4. The molecule has 92 valence electrons. The summed E-state index contributed by atoms with van der Waals surface area (Å²) in [6, 6.07) is 6.99. The Morgan fingerprint density at radius 2 is 2.18 bits per heavy atom. The van der Waals surface area contributed by atoms with E-state index in [0.29, 0.717) is 17.1 Å². The van der Waals surface area contributed by atoms with Crippen molar-refractivity contribution in [3.8, 4) is 0 Å². The van der Waals surface area contributed by atoms with Crippen LogP contribution in [0.15, 0.2) is 24.3 Å². The van der Waals surface area contributed by atoms with E-state index in [1.165, 1.54) is 0 Å². The van der Waals surface area contributed by atoms with Crippen LogP contribution in [0.25, 0.3) is 0 Å². The molecule has 1 N–H and O–H groups in total. The molecule has 0 radical (unpaired) electrons. The minimum atomic E-state index is -0.0747. The number of aliphatic hydroxyl groups excluding tert-OH is 1. The molecule has 2 rings (SSSR count). The largest absolute Gasteiger partial charge is 0.394 e. The number of likely N-dealkylation sites (tertiary alicyclic amines) is 1. The van der Waals surface area contributed by atoms with Gasteiger partial charge >= 0.3 is 0 Å². The quantitative estimate of drug-likeness (QED) is 0.879. The second-order valence-electron chi connectivity index (χ2n) is 4.31. The Balaban J connectivity index is 2.21. The Bertz CT molecular complexity index is 408. The van der Waals surface area contributed by atoms with Crippen molar-refractivity contribution in [3.05, 3.63) is 34.9 Å². The maximum Gasteiger partial charge on any atom is 0.255 e. The van der Waals surface area contributed by atoms with Crippen LogP contribution < -0.4 is 0 Å². The molecule has 1 aromatic carbocycles. The Morgan fingerprint density at radius 3 is 2.88 bits per heavy atom. The number of piperidine rings is 1. The molecule has 1 saturated heterocycles. The van der Waals surface area contributed by atoms with Crippen molar-refractivity contribution < 1.29 is 9.90 Å². The zero-order valence-electron chi connectivity index (χ0n) is 9.60. The van der Waals surface area contributed by atoms with Gasteiger partial charge in [0, 0.05) is 6.54 Å². The normalized spacial score (nSPS) is 20.4. The molecular weight excluding hydrogens is 238 g/mol. The Hall–Kier alpha value is -1.06. The van der Waals surface area contributed by atoms with Crippen LogP contribution in [0, 0.1) is 0 Å². The van der Waals surface area contributed by atoms with E-state index in [0.717, 1.165) is 19.3 Å². The van der Waals surface area contributed by atoms with E-state index in [2.05, 4.69) is 0 Å². The molecule has 1 amide bonds. The summed E-state index contributed by atoms with van der Waals surface area (Å²) in [6.45, 7) is 0.728. The van der Waals surface area contributed by atoms with E-state index in [1.807, 2.05) is 0 Å². The molecule has 0 spiro atoms. The van der Waals surface area contributed by atoms with Gasteiger partial charge in [0.2, 0.25) is 0 Å². The van der Waals surface area contributed by atoms with Crippen LogP contribution in [0.4, 0.5) is 0 Å². The Labute approximate surface area is 106 Å². The number of nitrogens with zero attached hydrogens (tertiary/aromatic N) is 1. The Kier molecular flexibility index (Phi) is 4.02. The SMILES string of the molecule is O=C(c1ccccc1Cl)N1CCCCC1CO. The molecule has 1 fully saturated rings. The second-order valence-corrected chi connectivity index (χ2v) is 4.72. The number of halogens is 1. The van der Waals surface area contributed by atoms with Crippen LogP contribution in [0.3, 0.4) is 0 Å². The van der Waals surface area contributed by atoms with Gasteiger partial charge in [-0.15, -0.1) is 0 Å². The molecule has 3 nitrogen and oxygen atoms in total. The van der Waals surface area contributed by atoms with E-state index >= 15 is 0 Å². The summed E-state index contributed by atoms with van der Waals surface area (Å²) in [5, 5.41) is 9.77. The van der Waals surface area contributed by atoms with Gasteiger partial charge in [0.25, 0.3) is 5.91 Å². The summed E-state index contributed by atoms with van der Waals surface area (Å²) in [4.78, 5) is 14.1. The predicted molar refractivity (Wildman–Crippen MR) is 67.2 cm³/mol. The van der Waals surface area contributed by atoms with Crippen molar-refractivity contribution in [1.29, 1.82) is 0 Å². The van der Waals surface area contributed by atoms with E-state index in [-0.39, 0.29) is 18.6 Å². The monoisotopic (exact) mass is 253 g/mol. The van der Waals surface area contributed by atoms with E-state index < -0.39 is 0 Å². The third-order valence-corrected chi connectivity index (χ3v) is 3.53. The topological polar surface area (TPSA) is 40.5 Å². The van der Waals surface area contributed by atoms with Crippen molar-refractivity contribution in [2.24, 2.45) is 0 Å². The zero-order valence-corrected chi connectivity index (χ0v) is 10.4. The summed E-state index contributed by atoms with van der Waals surface area (Å²) in [5.41, 5.74) is 0.523. The van der Waals surface area contributed by atoms with Crippen LogP contribution >= 0.6 is 11.6 Å². The van der Waals surface area contributed by atoms with Crippen LogP contribution in [0.2, 0.25) is 5.02 Å². The van der Waals surface area contributed by atoms with Gasteiger partial charge in [-0.1, -0.05) is 23.7 Å². The number of aliphatic hydroxyl groups is 1. The number of benzene rings is 1. The summed E-state index contributed by atoms with van der Waals surface area (Å²) < 4.78 is 0. The van der Waals surface area contributed by atoms with Gasteiger partial charge < -0.3 is 10.0 Å². The summed E-state index contributed by atoms with van der Waals surface area (Å²) in [5.74, 6) is -0.0747. The molecule has 4 heteroatoms. The van der Waals surface area contributed by atoms with Crippen molar-refractivity contribution >= 4 is 17.5 Å². The maximum atomic E-state index is 12.3. The predicted octanol–water partition coefficient (Wildman–Crippen LogP) is 2.33. The van der Waals surface area contributed by atoms with Crippen LogP contribution in [0.1, 0.15) is 29.6 Å². The van der Waals surface area contributed by atoms with Crippen molar-refractivity contribution in [3.63, 3.8) is 0 Å². The lowest BCUT2D eigenvalue weighted by atomic mass is 10.0. The molecule has 0 aliphatic carbocycles. The van der Waals surface area contributed by atoms with Gasteiger partial charge in [0.05, 0.1) is 23.2 Å². The maximum absolute atomic E-state index is 12.3. The summed E-state index contributed by atoms with van der Waals surface area (Å²) >= 11 is 6.02. The average molecular weight is 254 g/mol. The smallest absolute Gasteiger partial charge is 0.255 e. The summed E-state index contributed by atoms with van der Waals surface area (Å²) in [7, 11) is 0. The van der Waals surface area contributed by atoms with Gasteiger partial charge in [0.1, 0.15) is 0 Å².